The van der Waals surface area contributed by atoms with Crippen molar-refractivity contribution in [1.82, 2.24) is 20.6 Å². The molecule has 0 aliphatic carbocycles. The van der Waals surface area contributed by atoms with Crippen LogP contribution < -0.4 is 10.6 Å². The summed E-state index contributed by atoms with van der Waals surface area (Å²) < 4.78 is 0. The molecule has 132 valence electrons. The fourth-order valence-electron chi connectivity index (χ4n) is 2.72. The zero-order valence-electron chi connectivity index (χ0n) is 14.6. The number of rotatable bonds is 7. The summed E-state index contributed by atoms with van der Waals surface area (Å²) in [4.78, 5) is 20.6. The Morgan fingerprint density at radius 3 is 2.58 bits per heavy atom. The Balaban J connectivity index is 1.46. The summed E-state index contributed by atoms with van der Waals surface area (Å²) in [6, 6.07) is 17.8. The van der Waals surface area contributed by atoms with Gasteiger partial charge in [0.15, 0.2) is 0 Å². The minimum absolute atomic E-state index is 0.168. The van der Waals surface area contributed by atoms with Gasteiger partial charge in [-0.25, -0.2) is 4.79 Å². The molecule has 0 unspecified atom stereocenters. The standard InChI is InChI=1S/C21H22N4O/c26-21(24-14-4-9-17-7-2-1-3-8-17)25-16-19-11-6-13-23-20(19)18-10-5-12-22-15-18/h1-3,5-8,10-13,15H,4,9,14,16H2,(H2,24,25,26). The number of amides is 2. The van der Waals surface area contributed by atoms with Gasteiger partial charge in [-0.15, -0.1) is 0 Å². The zero-order valence-corrected chi connectivity index (χ0v) is 14.6. The lowest BCUT2D eigenvalue weighted by Gasteiger charge is -2.11. The number of aryl methyl sites for hydroxylation is 1. The molecule has 1 aromatic carbocycles. The van der Waals surface area contributed by atoms with E-state index in [0.29, 0.717) is 13.1 Å². The third-order valence-electron chi connectivity index (χ3n) is 4.04. The summed E-state index contributed by atoms with van der Waals surface area (Å²) in [5.74, 6) is 0. The first-order chi connectivity index (χ1) is 12.8. The molecular formula is C21H22N4O. The predicted octanol–water partition coefficient (Wildman–Crippen LogP) is 3.58. The minimum atomic E-state index is -0.168. The fraction of sp³-hybridized carbons (Fsp3) is 0.190. The highest BCUT2D eigenvalue weighted by molar-refractivity contribution is 5.74. The first kappa shape index (κ1) is 17.6. The number of nitrogens with one attached hydrogen (secondary N) is 2. The van der Waals surface area contributed by atoms with Crippen molar-refractivity contribution in [3.8, 4) is 11.3 Å². The molecule has 0 atom stereocenters. The van der Waals surface area contributed by atoms with E-state index in [2.05, 4.69) is 32.7 Å². The molecule has 3 rings (SSSR count). The number of nitrogens with zero attached hydrogens (tertiary/aromatic N) is 2. The second-order valence-electron chi connectivity index (χ2n) is 5.95. The Morgan fingerprint density at radius 2 is 1.77 bits per heavy atom. The largest absolute Gasteiger partial charge is 0.338 e. The number of benzene rings is 1. The summed E-state index contributed by atoms with van der Waals surface area (Å²) in [6.45, 7) is 1.06. The van der Waals surface area contributed by atoms with E-state index < -0.39 is 0 Å². The lowest BCUT2D eigenvalue weighted by molar-refractivity contribution is 0.240. The average Bonchev–Trinajstić information content (AvgIpc) is 2.71. The quantitative estimate of drug-likeness (QED) is 0.643. The molecule has 0 radical (unpaired) electrons. The normalized spacial score (nSPS) is 10.3. The lowest BCUT2D eigenvalue weighted by atomic mass is 10.1. The van der Waals surface area contributed by atoms with Gasteiger partial charge in [0.25, 0.3) is 0 Å². The van der Waals surface area contributed by atoms with Crippen molar-refractivity contribution in [2.24, 2.45) is 0 Å². The van der Waals surface area contributed by atoms with E-state index in [9.17, 15) is 4.79 Å². The molecule has 5 heteroatoms. The maximum atomic E-state index is 12.0. The topological polar surface area (TPSA) is 66.9 Å². The molecule has 2 N–H and O–H groups in total. The third-order valence-corrected chi connectivity index (χ3v) is 4.04. The summed E-state index contributed by atoms with van der Waals surface area (Å²) >= 11 is 0. The van der Waals surface area contributed by atoms with E-state index in [4.69, 9.17) is 0 Å². The number of urea groups is 1. The lowest BCUT2D eigenvalue weighted by Crippen LogP contribution is -2.35. The number of aromatic nitrogens is 2. The van der Waals surface area contributed by atoms with Crippen LogP contribution >= 0.6 is 0 Å². The van der Waals surface area contributed by atoms with Crippen LogP contribution in [0.3, 0.4) is 0 Å². The number of carbonyl (C=O) groups excluding carboxylic acids is 1. The van der Waals surface area contributed by atoms with Crippen molar-refractivity contribution in [2.45, 2.75) is 19.4 Å². The molecule has 3 aromatic rings. The molecule has 0 saturated carbocycles. The van der Waals surface area contributed by atoms with E-state index in [-0.39, 0.29) is 6.03 Å². The maximum absolute atomic E-state index is 12.0. The van der Waals surface area contributed by atoms with Crippen molar-refractivity contribution in [3.05, 3.63) is 84.3 Å². The van der Waals surface area contributed by atoms with Gasteiger partial charge in [-0.3, -0.25) is 9.97 Å². The molecule has 0 saturated heterocycles. The second kappa shape index (κ2) is 9.32. The van der Waals surface area contributed by atoms with Gasteiger partial charge < -0.3 is 10.6 Å². The van der Waals surface area contributed by atoms with Crippen LogP contribution in [-0.4, -0.2) is 22.5 Å². The molecule has 0 spiro atoms. The van der Waals surface area contributed by atoms with Crippen LogP contribution in [-0.2, 0) is 13.0 Å². The molecule has 0 fully saturated rings. The van der Waals surface area contributed by atoms with Crippen molar-refractivity contribution < 1.29 is 4.79 Å². The summed E-state index contributed by atoms with van der Waals surface area (Å²) in [5, 5.41) is 5.80. The number of hydrogen-bond acceptors (Lipinski definition) is 3. The number of pyridine rings is 2. The van der Waals surface area contributed by atoms with Crippen molar-refractivity contribution >= 4 is 6.03 Å². The van der Waals surface area contributed by atoms with E-state index in [1.165, 1.54) is 5.56 Å². The van der Waals surface area contributed by atoms with E-state index in [1.54, 1.807) is 18.6 Å². The van der Waals surface area contributed by atoms with Crippen LogP contribution in [0.2, 0.25) is 0 Å². The highest BCUT2D eigenvalue weighted by atomic mass is 16.2. The monoisotopic (exact) mass is 346 g/mol. The van der Waals surface area contributed by atoms with Crippen molar-refractivity contribution in [2.75, 3.05) is 6.54 Å². The Bertz CT molecular complexity index is 822. The first-order valence-electron chi connectivity index (χ1n) is 8.73. The summed E-state index contributed by atoms with van der Waals surface area (Å²) in [7, 11) is 0. The number of hydrogen-bond donors (Lipinski definition) is 2. The molecule has 0 aliphatic heterocycles. The van der Waals surface area contributed by atoms with Gasteiger partial charge in [-0.2, -0.15) is 0 Å². The smallest absolute Gasteiger partial charge is 0.315 e. The molecule has 2 amide bonds. The minimum Gasteiger partial charge on any atom is -0.338 e. The van der Waals surface area contributed by atoms with Crippen LogP contribution in [0.4, 0.5) is 4.79 Å². The van der Waals surface area contributed by atoms with Crippen LogP contribution in [0, 0.1) is 0 Å². The number of carbonyl (C=O) groups is 1. The van der Waals surface area contributed by atoms with Crippen LogP contribution in [0.25, 0.3) is 11.3 Å². The van der Waals surface area contributed by atoms with E-state index in [1.807, 2.05) is 42.5 Å². The molecule has 2 aromatic heterocycles. The predicted molar refractivity (Wildman–Crippen MR) is 102 cm³/mol. The van der Waals surface area contributed by atoms with Crippen molar-refractivity contribution in [3.63, 3.8) is 0 Å². The van der Waals surface area contributed by atoms with Gasteiger partial charge in [0.05, 0.1) is 5.69 Å². The molecular weight excluding hydrogens is 324 g/mol. The molecule has 2 heterocycles. The van der Waals surface area contributed by atoms with Gasteiger partial charge in [0.1, 0.15) is 0 Å². The molecule has 0 aliphatic rings. The highest BCUT2D eigenvalue weighted by Crippen LogP contribution is 2.19. The Hall–Kier alpha value is -3.21. The second-order valence-corrected chi connectivity index (χ2v) is 5.95. The zero-order chi connectivity index (χ0) is 18.0. The van der Waals surface area contributed by atoms with Crippen LogP contribution in [0.1, 0.15) is 17.5 Å². The van der Waals surface area contributed by atoms with E-state index in [0.717, 1.165) is 29.7 Å². The van der Waals surface area contributed by atoms with Gasteiger partial charge in [-0.1, -0.05) is 36.4 Å². The maximum Gasteiger partial charge on any atom is 0.315 e. The first-order valence-corrected chi connectivity index (χ1v) is 8.73. The molecule has 26 heavy (non-hydrogen) atoms. The molecule has 5 nitrogen and oxygen atoms in total. The average molecular weight is 346 g/mol. The van der Waals surface area contributed by atoms with Crippen LogP contribution in [0.15, 0.2) is 73.2 Å². The Labute approximate surface area is 153 Å². The Kier molecular flexibility index (Phi) is 6.31. The fourth-order valence-corrected chi connectivity index (χ4v) is 2.72. The SMILES string of the molecule is O=C(NCCCc1ccccc1)NCc1cccnc1-c1cccnc1. The third kappa shape index (κ3) is 5.14. The van der Waals surface area contributed by atoms with Gasteiger partial charge in [0.2, 0.25) is 0 Å². The van der Waals surface area contributed by atoms with Gasteiger partial charge in [-0.05, 0) is 42.2 Å². The van der Waals surface area contributed by atoms with Gasteiger partial charge >= 0.3 is 6.03 Å². The Morgan fingerprint density at radius 1 is 0.923 bits per heavy atom. The van der Waals surface area contributed by atoms with Crippen molar-refractivity contribution in [1.29, 1.82) is 0 Å². The van der Waals surface area contributed by atoms with E-state index >= 15 is 0 Å². The summed E-state index contributed by atoms with van der Waals surface area (Å²) in [6.07, 6.45) is 7.11. The highest BCUT2D eigenvalue weighted by Gasteiger charge is 2.07. The van der Waals surface area contributed by atoms with Gasteiger partial charge in [0, 0.05) is 37.2 Å². The molecule has 0 bridgehead atoms. The summed E-state index contributed by atoms with van der Waals surface area (Å²) in [5.41, 5.74) is 4.02. The van der Waals surface area contributed by atoms with Crippen LogP contribution in [0.5, 0.6) is 0 Å².